The highest BCUT2D eigenvalue weighted by Crippen LogP contribution is 2.37. The third-order valence-corrected chi connectivity index (χ3v) is 8.90. The van der Waals surface area contributed by atoms with Gasteiger partial charge in [-0.05, 0) is 43.5 Å². The number of ether oxygens (including phenoxy) is 2. The predicted octanol–water partition coefficient (Wildman–Crippen LogP) is 3.61. The lowest BCUT2D eigenvalue weighted by Gasteiger charge is -2.41. The number of nitrogens with two attached hydrogens (primary N) is 1. The van der Waals surface area contributed by atoms with Crippen LogP contribution >= 0.6 is 11.6 Å². The third-order valence-electron chi connectivity index (χ3n) is 7.93. The molecule has 2 saturated heterocycles. The Morgan fingerprint density at radius 3 is 2.44 bits per heavy atom. The molecule has 12 nitrogen and oxygen atoms in total. The largest absolute Gasteiger partial charge is 0.496 e. The van der Waals surface area contributed by atoms with Gasteiger partial charge >= 0.3 is 0 Å². The Labute approximate surface area is 258 Å². The minimum Gasteiger partial charge on any atom is -0.496 e. The Hall–Kier alpha value is -3.36. The smallest absolute Gasteiger partial charge is 0.229 e. The van der Waals surface area contributed by atoms with Gasteiger partial charge in [-0.15, -0.1) is 0 Å². The summed E-state index contributed by atoms with van der Waals surface area (Å²) in [6.45, 7) is 8.47. The number of aryl methyl sites for hydroxylation is 1. The summed E-state index contributed by atoms with van der Waals surface area (Å²) in [5.41, 5.74) is 3.78. The molecule has 1 aromatic heterocycles. The van der Waals surface area contributed by atoms with E-state index in [0.29, 0.717) is 34.5 Å². The summed E-state index contributed by atoms with van der Waals surface area (Å²) in [6, 6.07) is 9.82. The number of hydrogen-bond donors (Lipinski definition) is 4. The second kappa shape index (κ2) is 13.5. The average molecular weight is 631 g/mol. The van der Waals surface area contributed by atoms with Crippen molar-refractivity contribution in [2.24, 2.45) is 5.14 Å². The van der Waals surface area contributed by atoms with Crippen molar-refractivity contribution in [3.8, 4) is 11.5 Å². The van der Waals surface area contributed by atoms with Crippen LogP contribution < -0.4 is 35.5 Å². The predicted molar refractivity (Wildman–Crippen MR) is 171 cm³/mol. The van der Waals surface area contributed by atoms with E-state index in [-0.39, 0.29) is 16.8 Å². The first-order valence-electron chi connectivity index (χ1n) is 14.3. The second-order valence-electron chi connectivity index (χ2n) is 10.8. The molecule has 2 aliphatic heterocycles. The summed E-state index contributed by atoms with van der Waals surface area (Å²) < 4.78 is 34.9. The zero-order chi connectivity index (χ0) is 30.6. The minimum absolute atomic E-state index is 0.248. The van der Waals surface area contributed by atoms with E-state index in [2.05, 4.69) is 48.7 Å². The lowest BCUT2D eigenvalue weighted by atomic mass is 10.0. The van der Waals surface area contributed by atoms with Crippen LogP contribution in [0, 0.1) is 6.92 Å². The van der Waals surface area contributed by atoms with Crippen molar-refractivity contribution in [1.82, 2.24) is 20.2 Å². The highest BCUT2D eigenvalue weighted by atomic mass is 35.5. The van der Waals surface area contributed by atoms with Gasteiger partial charge in [0.25, 0.3) is 0 Å². The number of piperazine rings is 1. The van der Waals surface area contributed by atoms with Gasteiger partial charge in [-0.3, -0.25) is 4.90 Å². The molecule has 0 spiro atoms. The molecule has 0 atom stereocenters. The van der Waals surface area contributed by atoms with Crippen LogP contribution in [0.3, 0.4) is 0 Å². The van der Waals surface area contributed by atoms with E-state index in [0.717, 1.165) is 63.4 Å². The Kier molecular flexibility index (Phi) is 9.77. The number of methoxy groups -OCH3 is 2. The summed E-state index contributed by atoms with van der Waals surface area (Å²) in [7, 11) is -0.735. The fraction of sp³-hybridized carbons (Fsp3) is 0.448. The molecule has 0 unspecified atom stereocenters. The van der Waals surface area contributed by atoms with Crippen molar-refractivity contribution < 1.29 is 17.9 Å². The van der Waals surface area contributed by atoms with Crippen molar-refractivity contribution in [2.75, 3.05) is 69.0 Å². The zero-order valence-corrected chi connectivity index (χ0v) is 26.3. The maximum Gasteiger partial charge on any atom is 0.229 e. The van der Waals surface area contributed by atoms with Crippen molar-refractivity contribution >= 4 is 50.5 Å². The number of piperidine rings is 1. The SMILES string of the molecule is COc1cc(N2CCC(N3CCNCC3)CC2)c(C)cc1Nc1ncc(Cl)c(Nc2cccc(OC)c2CS(N)(=O)=O)n1. The number of aromatic nitrogens is 2. The van der Waals surface area contributed by atoms with Crippen molar-refractivity contribution in [2.45, 2.75) is 31.6 Å². The van der Waals surface area contributed by atoms with Gasteiger partial charge in [-0.1, -0.05) is 17.7 Å². The number of benzene rings is 2. The van der Waals surface area contributed by atoms with Crippen LogP contribution in [-0.4, -0.2) is 82.8 Å². The van der Waals surface area contributed by atoms with Crippen molar-refractivity contribution in [3.63, 3.8) is 0 Å². The summed E-state index contributed by atoms with van der Waals surface area (Å²) >= 11 is 6.43. The molecule has 5 N–H and O–H groups in total. The van der Waals surface area contributed by atoms with E-state index >= 15 is 0 Å². The van der Waals surface area contributed by atoms with Gasteiger partial charge in [-0.25, -0.2) is 18.5 Å². The van der Waals surface area contributed by atoms with Crippen LogP contribution in [0.2, 0.25) is 5.02 Å². The van der Waals surface area contributed by atoms with Crippen molar-refractivity contribution in [3.05, 3.63) is 52.7 Å². The van der Waals surface area contributed by atoms with E-state index in [1.807, 2.05) is 6.07 Å². The number of hydrogen-bond acceptors (Lipinski definition) is 11. The summed E-state index contributed by atoms with van der Waals surface area (Å²) in [6.07, 6.45) is 3.75. The van der Waals surface area contributed by atoms with Crippen LogP contribution in [0.25, 0.3) is 0 Å². The Morgan fingerprint density at radius 1 is 1.05 bits per heavy atom. The molecular formula is C29H39ClN8O4S. The number of nitrogens with zero attached hydrogens (tertiary/aromatic N) is 4. The summed E-state index contributed by atoms with van der Waals surface area (Å²) in [5, 5.41) is 15.4. The molecule has 0 aliphatic carbocycles. The molecule has 2 fully saturated rings. The Balaban J connectivity index is 1.34. The molecule has 0 saturated carbocycles. The van der Waals surface area contributed by atoms with Gasteiger partial charge in [0, 0.05) is 68.3 Å². The summed E-state index contributed by atoms with van der Waals surface area (Å²) in [4.78, 5) is 14.0. The van der Waals surface area contributed by atoms with E-state index in [9.17, 15) is 8.42 Å². The van der Waals surface area contributed by atoms with Crippen LogP contribution in [-0.2, 0) is 15.8 Å². The highest BCUT2D eigenvalue weighted by Gasteiger charge is 2.27. The fourth-order valence-corrected chi connectivity index (χ4v) is 6.63. The average Bonchev–Trinajstić information content (AvgIpc) is 2.99. The molecule has 43 heavy (non-hydrogen) atoms. The Bertz CT molecular complexity index is 1540. The molecule has 2 aromatic carbocycles. The number of rotatable bonds is 10. The van der Waals surface area contributed by atoms with E-state index < -0.39 is 15.8 Å². The fourth-order valence-electron chi connectivity index (χ4n) is 5.79. The molecule has 0 amide bonds. The van der Waals surface area contributed by atoms with E-state index in [4.69, 9.17) is 26.2 Å². The van der Waals surface area contributed by atoms with Gasteiger partial charge < -0.3 is 30.3 Å². The normalized spacial score (nSPS) is 16.6. The Morgan fingerprint density at radius 2 is 1.77 bits per heavy atom. The molecule has 232 valence electrons. The first-order chi connectivity index (χ1) is 20.6. The maximum absolute atomic E-state index is 11.9. The number of sulfonamides is 1. The van der Waals surface area contributed by atoms with Gasteiger partial charge in [0.2, 0.25) is 16.0 Å². The van der Waals surface area contributed by atoms with Gasteiger partial charge in [0.15, 0.2) is 5.82 Å². The lowest BCUT2D eigenvalue weighted by Crippen LogP contribution is -2.52. The molecule has 3 aromatic rings. The molecule has 0 bridgehead atoms. The van der Waals surface area contributed by atoms with E-state index in [1.165, 1.54) is 13.3 Å². The first kappa shape index (κ1) is 31.1. The second-order valence-corrected chi connectivity index (χ2v) is 12.8. The summed E-state index contributed by atoms with van der Waals surface area (Å²) in [5.74, 6) is 1.17. The van der Waals surface area contributed by atoms with Gasteiger partial charge in [-0.2, -0.15) is 4.98 Å². The zero-order valence-electron chi connectivity index (χ0n) is 24.7. The molecule has 3 heterocycles. The van der Waals surface area contributed by atoms with Crippen LogP contribution in [0.15, 0.2) is 36.5 Å². The van der Waals surface area contributed by atoms with Crippen LogP contribution in [0.1, 0.15) is 24.0 Å². The van der Waals surface area contributed by atoms with E-state index in [1.54, 1.807) is 25.3 Å². The third kappa shape index (κ3) is 7.60. The molecule has 14 heteroatoms. The minimum atomic E-state index is -3.84. The van der Waals surface area contributed by atoms with Crippen LogP contribution in [0.5, 0.6) is 11.5 Å². The molecule has 2 aliphatic rings. The maximum atomic E-state index is 11.9. The lowest BCUT2D eigenvalue weighted by molar-refractivity contribution is 0.150. The number of halogens is 1. The number of primary sulfonamides is 1. The monoisotopic (exact) mass is 630 g/mol. The number of nitrogens with one attached hydrogen (secondary N) is 3. The quantitative estimate of drug-likeness (QED) is 0.260. The molecule has 0 radical (unpaired) electrons. The standard InChI is InChI=1S/C29H39ClN8O4S/c1-19-15-24(27(42-3)16-25(19)38-11-7-20(8-12-38)37-13-9-32-10-14-37)35-29-33-17-22(30)28(36-29)34-23-5-4-6-26(41-2)21(23)18-43(31,39)40/h4-6,15-17,20,32H,7-14,18H2,1-3H3,(H2,31,39,40)(H2,33,34,35,36). The van der Waals surface area contributed by atoms with Crippen molar-refractivity contribution in [1.29, 1.82) is 0 Å². The van der Waals surface area contributed by atoms with Gasteiger partial charge in [0.1, 0.15) is 16.5 Å². The topological polar surface area (TPSA) is 147 Å². The number of anilines is 5. The van der Waals surface area contributed by atoms with Crippen LogP contribution in [0.4, 0.5) is 28.8 Å². The highest BCUT2D eigenvalue weighted by molar-refractivity contribution is 7.88. The van der Waals surface area contributed by atoms with Gasteiger partial charge in [0.05, 0.1) is 31.9 Å². The molecular weight excluding hydrogens is 592 g/mol. The molecule has 5 rings (SSSR count). The first-order valence-corrected chi connectivity index (χ1v) is 16.4.